The fourth-order valence-electron chi connectivity index (χ4n) is 1.36. The SMILES string of the molecule is O=c1[nH]oc(=O)n1CCc1ccccc1. The molecule has 0 aliphatic rings. The molecule has 1 N–H and O–H groups in total. The molecule has 2 aromatic rings. The quantitative estimate of drug-likeness (QED) is 0.789. The van der Waals surface area contributed by atoms with Crippen LogP contribution in [-0.4, -0.2) is 9.72 Å². The third-order valence-electron chi connectivity index (χ3n) is 2.16. The van der Waals surface area contributed by atoms with Crippen molar-refractivity contribution >= 4 is 0 Å². The maximum atomic E-state index is 11.1. The van der Waals surface area contributed by atoms with Crippen molar-refractivity contribution in [1.29, 1.82) is 0 Å². The van der Waals surface area contributed by atoms with E-state index in [1.807, 2.05) is 35.5 Å². The number of hydrogen-bond donors (Lipinski definition) is 1. The zero-order chi connectivity index (χ0) is 10.7. The maximum absolute atomic E-state index is 11.1. The summed E-state index contributed by atoms with van der Waals surface area (Å²) in [6.07, 6.45) is 0.628. The highest BCUT2D eigenvalue weighted by molar-refractivity contribution is 5.14. The molecule has 0 amide bonds. The normalized spacial score (nSPS) is 10.4. The topological polar surface area (TPSA) is 68.0 Å². The van der Waals surface area contributed by atoms with Gasteiger partial charge in [0.2, 0.25) is 0 Å². The predicted molar refractivity (Wildman–Crippen MR) is 53.7 cm³/mol. The minimum atomic E-state index is -0.643. The molecule has 0 spiro atoms. The molecule has 1 aromatic heterocycles. The minimum Gasteiger partial charge on any atom is -0.320 e. The molecular weight excluding hydrogens is 196 g/mol. The first-order valence-electron chi connectivity index (χ1n) is 4.59. The number of aromatic amines is 1. The summed E-state index contributed by atoms with van der Waals surface area (Å²) >= 11 is 0. The van der Waals surface area contributed by atoms with Crippen LogP contribution in [0.4, 0.5) is 0 Å². The Morgan fingerprint density at radius 1 is 1.20 bits per heavy atom. The van der Waals surface area contributed by atoms with E-state index in [9.17, 15) is 9.59 Å². The molecule has 0 unspecified atom stereocenters. The Bertz CT molecular complexity index is 508. The van der Waals surface area contributed by atoms with Crippen LogP contribution in [0.25, 0.3) is 0 Å². The number of aryl methyl sites for hydroxylation is 1. The van der Waals surface area contributed by atoms with Gasteiger partial charge in [0, 0.05) is 6.54 Å². The Hall–Kier alpha value is -2.04. The third-order valence-corrected chi connectivity index (χ3v) is 2.16. The Morgan fingerprint density at radius 3 is 2.53 bits per heavy atom. The second kappa shape index (κ2) is 4.00. The van der Waals surface area contributed by atoms with Crippen molar-refractivity contribution in [2.45, 2.75) is 13.0 Å². The number of aromatic nitrogens is 2. The van der Waals surface area contributed by atoms with Crippen LogP contribution in [0.2, 0.25) is 0 Å². The zero-order valence-corrected chi connectivity index (χ0v) is 7.97. The fraction of sp³-hybridized carbons (Fsp3) is 0.200. The lowest BCUT2D eigenvalue weighted by Gasteiger charge is -1.98. The number of nitrogens with zero attached hydrogens (tertiary/aromatic N) is 1. The van der Waals surface area contributed by atoms with Crippen molar-refractivity contribution < 1.29 is 4.52 Å². The van der Waals surface area contributed by atoms with Gasteiger partial charge in [-0.25, -0.2) is 14.2 Å². The van der Waals surface area contributed by atoms with E-state index in [2.05, 4.69) is 4.52 Å². The molecule has 0 bridgehead atoms. The number of nitrogens with one attached hydrogen (secondary N) is 1. The van der Waals surface area contributed by atoms with Crippen molar-refractivity contribution in [2.24, 2.45) is 0 Å². The lowest BCUT2D eigenvalue weighted by Crippen LogP contribution is -2.26. The second-order valence-electron chi connectivity index (χ2n) is 3.16. The van der Waals surface area contributed by atoms with E-state index in [4.69, 9.17) is 0 Å². The largest absolute Gasteiger partial charge is 0.442 e. The molecule has 15 heavy (non-hydrogen) atoms. The summed E-state index contributed by atoms with van der Waals surface area (Å²) in [5, 5.41) is 1.99. The van der Waals surface area contributed by atoms with Gasteiger partial charge < -0.3 is 4.52 Å². The van der Waals surface area contributed by atoms with Crippen LogP contribution in [0.5, 0.6) is 0 Å². The van der Waals surface area contributed by atoms with Crippen molar-refractivity contribution in [3.8, 4) is 0 Å². The Morgan fingerprint density at radius 2 is 1.93 bits per heavy atom. The molecule has 0 radical (unpaired) electrons. The smallest absolute Gasteiger partial charge is 0.320 e. The van der Waals surface area contributed by atoms with Gasteiger partial charge in [-0.15, -0.1) is 0 Å². The molecule has 1 heterocycles. The average molecular weight is 206 g/mol. The summed E-state index contributed by atoms with van der Waals surface area (Å²) in [6.45, 7) is 0.328. The molecule has 2 rings (SSSR count). The Labute approximate surface area is 84.9 Å². The number of hydrogen-bond acceptors (Lipinski definition) is 3. The Kier molecular flexibility index (Phi) is 2.53. The van der Waals surface area contributed by atoms with Crippen molar-refractivity contribution in [2.75, 3.05) is 0 Å². The van der Waals surface area contributed by atoms with Gasteiger partial charge in [0.15, 0.2) is 0 Å². The molecule has 0 aliphatic carbocycles. The minimum absolute atomic E-state index is 0.328. The van der Waals surface area contributed by atoms with E-state index in [0.29, 0.717) is 13.0 Å². The molecule has 0 fully saturated rings. The van der Waals surface area contributed by atoms with E-state index in [1.165, 1.54) is 0 Å². The number of rotatable bonds is 3. The fourth-order valence-corrected chi connectivity index (χ4v) is 1.36. The molecule has 78 valence electrons. The van der Waals surface area contributed by atoms with Gasteiger partial charge in [-0.3, -0.25) is 0 Å². The molecule has 5 nitrogen and oxygen atoms in total. The van der Waals surface area contributed by atoms with E-state index in [0.717, 1.165) is 10.1 Å². The first-order chi connectivity index (χ1) is 7.27. The molecule has 1 aromatic carbocycles. The third kappa shape index (κ3) is 2.07. The van der Waals surface area contributed by atoms with E-state index < -0.39 is 11.4 Å². The van der Waals surface area contributed by atoms with Crippen LogP contribution >= 0.6 is 0 Å². The van der Waals surface area contributed by atoms with Gasteiger partial charge in [0.25, 0.3) is 0 Å². The maximum Gasteiger partial charge on any atom is 0.442 e. The van der Waals surface area contributed by atoms with E-state index in [-0.39, 0.29) is 0 Å². The number of benzene rings is 1. The highest BCUT2D eigenvalue weighted by atomic mass is 16.5. The van der Waals surface area contributed by atoms with Gasteiger partial charge >= 0.3 is 11.4 Å². The molecule has 0 saturated carbocycles. The summed E-state index contributed by atoms with van der Waals surface area (Å²) in [7, 11) is 0. The van der Waals surface area contributed by atoms with Gasteiger partial charge in [0.05, 0.1) is 0 Å². The first-order valence-corrected chi connectivity index (χ1v) is 4.59. The van der Waals surface area contributed by atoms with Gasteiger partial charge in [-0.05, 0) is 12.0 Å². The number of H-pyrrole nitrogens is 1. The van der Waals surface area contributed by atoms with Crippen LogP contribution in [-0.2, 0) is 13.0 Å². The van der Waals surface area contributed by atoms with E-state index in [1.54, 1.807) is 0 Å². The zero-order valence-electron chi connectivity index (χ0n) is 7.97. The van der Waals surface area contributed by atoms with Gasteiger partial charge in [0.1, 0.15) is 0 Å². The summed E-state index contributed by atoms with van der Waals surface area (Å²) in [4.78, 5) is 22.1. The van der Waals surface area contributed by atoms with Gasteiger partial charge in [-0.2, -0.15) is 5.16 Å². The predicted octanol–water partition coefficient (Wildman–Crippen LogP) is 0.372. The van der Waals surface area contributed by atoms with Crippen LogP contribution in [0.3, 0.4) is 0 Å². The first kappa shape index (κ1) is 9.51. The Balaban J connectivity index is 2.12. The molecule has 5 heteroatoms. The lowest BCUT2D eigenvalue weighted by molar-refractivity contribution is 0.373. The highest BCUT2D eigenvalue weighted by Crippen LogP contribution is 1.99. The highest BCUT2D eigenvalue weighted by Gasteiger charge is 2.04. The summed E-state index contributed by atoms with van der Waals surface area (Å²) < 4.78 is 5.39. The van der Waals surface area contributed by atoms with Crippen molar-refractivity contribution in [3.63, 3.8) is 0 Å². The van der Waals surface area contributed by atoms with Crippen molar-refractivity contribution in [3.05, 3.63) is 56.9 Å². The van der Waals surface area contributed by atoms with E-state index >= 15 is 0 Å². The molecule has 0 aliphatic heterocycles. The molecule has 0 atom stereocenters. The average Bonchev–Trinajstić information content (AvgIpc) is 2.58. The van der Waals surface area contributed by atoms with Crippen molar-refractivity contribution in [1.82, 2.24) is 9.72 Å². The van der Waals surface area contributed by atoms with Crippen LogP contribution in [0.15, 0.2) is 44.4 Å². The molecular formula is C10H10N2O3. The summed E-state index contributed by atoms with van der Waals surface area (Å²) in [6, 6.07) is 9.63. The van der Waals surface area contributed by atoms with Crippen LogP contribution in [0, 0.1) is 0 Å². The summed E-state index contributed by atoms with van der Waals surface area (Å²) in [5.41, 5.74) is 0.570. The standard InChI is InChI=1S/C10H10N2O3/c13-9-11-15-10(14)12(9)7-6-8-4-2-1-3-5-8/h1-5H,6-7H2,(H,11,13). The summed E-state index contributed by atoms with van der Waals surface area (Å²) in [5.74, 6) is -0.643. The van der Waals surface area contributed by atoms with Gasteiger partial charge in [-0.1, -0.05) is 30.3 Å². The second-order valence-corrected chi connectivity index (χ2v) is 3.16. The van der Waals surface area contributed by atoms with Crippen LogP contribution in [0.1, 0.15) is 5.56 Å². The monoisotopic (exact) mass is 206 g/mol. The molecule has 0 saturated heterocycles. The lowest BCUT2D eigenvalue weighted by atomic mass is 10.1. The van der Waals surface area contributed by atoms with Crippen LogP contribution < -0.4 is 11.4 Å².